The molecule has 0 fully saturated rings. The minimum absolute atomic E-state index is 0.189. The number of aliphatic hydroxyl groups is 1. The summed E-state index contributed by atoms with van der Waals surface area (Å²) in [6, 6.07) is 14.6. The zero-order valence-electron chi connectivity index (χ0n) is 11.2. The van der Waals surface area contributed by atoms with E-state index in [1.807, 2.05) is 48.5 Å². The van der Waals surface area contributed by atoms with Crippen LogP contribution in [0.5, 0.6) is 11.5 Å². The fourth-order valence-corrected chi connectivity index (χ4v) is 2.46. The van der Waals surface area contributed by atoms with Crippen molar-refractivity contribution in [3.05, 3.63) is 59.7 Å². The van der Waals surface area contributed by atoms with E-state index in [1.54, 1.807) is 0 Å². The molecule has 2 aromatic carbocycles. The molecule has 2 N–H and O–H groups in total. The summed E-state index contributed by atoms with van der Waals surface area (Å²) in [6.07, 6.45) is -4.45. The molecule has 1 aliphatic heterocycles. The Balaban J connectivity index is 1.91. The van der Waals surface area contributed by atoms with Crippen LogP contribution in [0.4, 0.5) is 8.78 Å². The van der Waals surface area contributed by atoms with E-state index in [-0.39, 0.29) is 12.6 Å². The SMILES string of the molecule is OC(CNC1c2ccccc2Oc2ccccc21)C(F)F. The number of halogens is 2. The Bertz CT molecular complexity index is 588. The molecule has 1 aliphatic rings. The van der Waals surface area contributed by atoms with Crippen LogP contribution in [0, 0.1) is 0 Å². The minimum atomic E-state index is -2.76. The Morgan fingerprint density at radius 1 is 1.00 bits per heavy atom. The summed E-state index contributed by atoms with van der Waals surface area (Å²) in [5.41, 5.74) is 1.75. The predicted molar refractivity (Wildman–Crippen MR) is 74.8 cm³/mol. The Morgan fingerprint density at radius 3 is 2.05 bits per heavy atom. The number of aliphatic hydroxyl groups excluding tert-OH is 1. The van der Waals surface area contributed by atoms with Crippen LogP contribution in [0.15, 0.2) is 48.5 Å². The predicted octanol–water partition coefficient (Wildman–Crippen LogP) is 3.10. The monoisotopic (exact) mass is 291 g/mol. The molecular weight excluding hydrogens is 276 g/mol. The van der Waals surface area contributed by atoms with Gasteiger partial charge in [0.2, 0.25) is 0 Å². The van der Waals surface area contributed by atoms with Crippen molar-refractivity contribution in [2.24, 2.45) is 0 Å². The van der Waals surface area contributed by atoms with Crippen molar-refractivity contribution in [3.8, 4) is 11.5 Å². The Hall–Kier alpha value is -1.98. The van der Waals surface area contributed by atoms with E-state index < -0.39 is 12.5 Å². The van der Waals surface area contributed by atoms with Crippen LogP contribution in [-0.4, -0.2) is 24.2 Å². The number of ether oxygens (including phenoxy) is 1. The number of hydrogen-bond donors (Lipinski definition) is 2. The third-order valence-corrected chi connectivity index (χ3v) is 3.50. The van der Waals surface area contributed by atoms with Crippen LogP contribution >= 0.6 is 0 Å². The molecule has 1 atom stereocenters. The van der Waals surface area contributed by atoms with Gasteiger partial charge < -0.3 is 15.2 Å². The number of hydrogen-bond acceptors (Lipinski definition) is 3. The van der Waals surface area contributed by atoms with Crippen LogP contribution in [-0.2, 0) is 0 Å². The van der Waals surface area contributed by atoms with Crippen LogP contribution in [0.3, 0.4) is 0 Å². The second kappa shape index (κ2) is 5.79. The molecule has 0 amide bonds. The molecule has 21 heavy (non-hydrogen) atoms. The average molecular weight is 291 g/mol. The molecule has 3 nitrogen and oxygen atoms in total. The molecule has 2 aromatic rings. The van der Waals surface area contributed by atoms with E-state index in [4.69, 9.17) is 4.74 Å². The highest BCUT2D eigenvalue weighted by atomic mass is 19.3. The Kier molecular flexibility index (Phi) is 3.86. The lowest BCUT2D eigenvalue weighted by molar-refractivity contribution is -0.00421. The van der Waals surface area contributed by atoms with E-state index in [0.717, 1.165) is 11.1 Å². The van der Waals surface area contributed by atoms with Gasteiger partial charge in [-0.05, 0) is 12.1 Å². The maximum atomic E-state index is 12.5. The molecule has 0 radical (unpaired) electrons. The normalized spacial score (nSPS) is 15.2. The summed E-state index contributed by atoms with van der Waals surface area (Å²) in [5.74, 6) is 1.39. The molecule has 0 spiro atoms. The summed E-state index contributed by atoms with van der Waals surface area (Å²) >= 11 is 0. The first-order chi connectivity index (χ1) is 10.2. The zero-order chi connectivity index (χ0) is 14.8. The second-order valence-electron chi connectivity index (χ2n) is 4.92. The van der Waals surface area contributed by atoms with Crippen molar-refractivity contribution in [2.45, 2.75) is 18.6 Å². The number of alkyl halides is 2. The van der Waals surface area contributed by atoms with Gasteiger partial charge in [-0.1, -0.05) is 36.4 Å². The first-order valence-electron chi connectivity index (χ1n) is 6.72. The largest absolute Gasteiger partial charge is 0.457 e. The van der Waals surface area contributed by atoms with Gasteiger partial charge in [0.25, 0.3) is 6.43 Å². The van der Waals surface area contributed by atoms with Crippen molar-refractivity contribution in [3.63, 3.8) is 0 Å². The zero-order valence-corrected chi connectivity index (χ0v) is 11.2. The fourth-order valence-electron chi connectivity index (χ4n) is 2.46. The summed E-state index contributed by atoms with van der Waals surface area (Å²) in [5, 5.41) is 12.3. The van der Waals surface area contributed by atoms with Gasteiger partial charge in [0.05, 0.1) is 6.04 Å². The smallest absolute Gasteiger partial charge is 0.265 e. The van der Waals surface area contributed by atoms with E-state index >= 15 is 0 Å². The lowest BCUT2D eigenvalue weighted by Crippen LogP contribution is -2.35. The lowest BCUT2D eigenvalue weighted by atomic mass is 9.94. The molecule has 110 valence electrons. The quantitative estimate of drug-likeness (QED) is 0.909. The lowest BCUT2D eigenvalue weighted by Gasteiger charge is -2.29. The molecule has 1 unspecified atom stereocenters. The Morgan fingerprint density at radius 2 is 1.52 bits per heavy atom. The first-order valence-corrected chi connectivity index (χ1v) is 6.72. The fraction of sp³-hybridized carbons (Fsp3) is 0.250. The number of fused-ring (bicyclic) bond motifs is 2. The van der Waals surface area contributed by atoms with Gasteiger partial charge in [-0.15, -0.1) is 0 Å². The highest BCUT2D eigenvalue weighted by molar-refractivity contribution is 5.52. The van der Waals surface area contributed by atoms with Crippen LogP contribution < -0.4 is 10.1 Å². The van der Waals surface area contributed by atoms with E-state index in [1.165, 1.54) is 0 Å². The van der Waals surface area contributed by atoms with Gasteiger partial charge in [0.15, 0.2) is 0 Å². The number of rotatable bonds is 4. The van der Waals surface area contributed by atoms with Gasteiger partial charge in [0, 0.05) is 17.7 Å². The standard InChI is InChI=1S/C16H15F2NO2/c17-16(18)12(20)9-19-15-10-5-1-3-7-13(10)21-14-8-4-2-6-11(14)15/h1-8,12,15-16,19-20H,9H2. The maximum Gasteiger partial charge on any atom is 0.265 e. The molecule has 0 aromatic heterocycles. The third-order valence-electron chi connectivity index (χ3n) is 3.50. The average Bonchev–Trinajstić information content (AvgIpc) is 2.51. The minimum Gasteiger partial charge on any atom is -0.457 e. The topological polar surface area (TPSA) is 41.5 Å². The highest BCUT2D eigenvalue weighted by Crippen LogP contribution is 2.42. The number of para-hydroxylation sites is 2. The van der Waals surface area contributed by atoms with Gasteiger partial charge in [-0.3, -0.25) is 0 Å². The van der Waals surface area contributed by atoms with Crippen molar-refractivity contribution in [1.29, 1.82) is 0 Å². The van der Waals surface area contributed by atoms with Crippen molar-refractivity contribution < 1.29 is 18.6 Å². The molecule has 0 aliphatic carbocycles. The summed E-state index contributed by atoms with van der Waals surface area (Å²) in [6.45, 7) is -0.189. The maximum absolute atomic E-state index is 12.5. The van der Waals surface area contributed by atoms with E-state index in [2.05, 4.69) is 5.32 Å². The molecular formula is C16H15F2NO2. The van der Waals surface area contributed by atoms with Gasteiger partial charge in [-0.2, -0.15) is 0 Å². The first kappa shape index (κ1) is 14.0. The van der Waals surface area contributed by atoms with Crippen LogP contribution in [0.1, 0.15) is 17.2 Å². The molecule has 5 heteroatoms. The summed E-state index contributed by atoms with van der Waals surface area (Å²) in [4.78, 5) is 0. The van der Waals surface area contributed by atoms with Crippen LogP contribution in [0.25, 0.3) is 0 Å². The second-order valence-corrected chi connectivity index (χ2v) is 4.92. The van der Waals surface area contributed by atoms with Crippen molar-refractivity contribution >= 4 is 0 Å². The van der Waals surface area contributed by atoms with E-state index in [9.17, 15) is 13.9 Å². The van der Waals surface area contributed by atoms with Crippen molar-refractivity contribution in [1.82, 2.24) is 5.32 Å². The molecule has 0 bridgehead atoms. The van der Waals surface area contributed by atoms with Gasteiger partial charge >= 0.3 is 0 Å². The van der Waals surface area contributed by atoms with Crippen LogP contribution in [0.2, 0.25) is 0 Å². The van der Waals surface area contributed by atoms with Gasteiger partial charge in [-0.25, -0.2) is 8.78 Å². The van der Waals surface area contributed by atoms with Gasteiger partial charge in [0.1, 0.15) is 17.6 Å². The molecule has 0 saturated heterocycles. The molecule has 3 rings (SSSR count). The van der Waals surface area contributed by atoms with Crippen molar-refractivity contribution in [2.75, 3.05) is 6.54 Å². The van der Waals surface area contributed by atoms with E-state index in [0.29, 0.717) is 11.5 Å². The highest BCUT2D eigenvalue weighted by Gasteiger charge is 2.28. The number of nitrogens with one attached hydrogen (secondary N) is 1. The third kappa shape index (κ3) is 2.75. The molecule has 0 saturated carbocycles. The Labute approximate surface area is 121 Å². The number of benzene rings is 2. The summed E-state index contributed by atoms with van der Waals surface area (Å²) in [7, 11) is 0. The molecule has 1 heterocycles. The summed E-state index contributed by atoms with van der Waals surface area (Å²) < 4.78 is 30.7.